The van der Waals surface area contributed by atoms with Crippen LogP contribution in [0.4, 0.5) is 11.5 Å². The van der Waals surface area contributed by atoms with E-state index < -0.39 is 0 Å². The van der Waals surface area contributed by atoms with E-state index in [2.05, 4.69) is 24.8 Å². The average Bonchev–Trinajstić information content (AvgIpc) is 3.10. The van der Waals surface area contributed by atoms with Gasteiger partial charge in [0.1, 0.15) is 22.4 Å². The molecular weight excluding hydrogens is 390 g/mol. The number of aryl methyl sites for hydroxylation is 2. The number of carbonyl (C=O) groups excluding carboxylic acids is 1. The second-order valence-corrected chi connectivity index (χ2v) is 7.78. The number of anilines is 2. The normalized spacial score (nSPS) is 11.2. The van der Waals surface area contributed by atoms with Crippen LogP contribution < -0.4 is 16.0 Å². The highest BCUT2D eigenvalue weighted by molar-refractivity contribution is 6.04. The molecule has 3 heterocycles. The lowest BCUT2D eigenvalue weighted by Crippen LogP contribution is -2.24. The maximum absolute atomic E-state index is 12.4. The molecule has 0 aliphatic heterocycles. The van der Waals surface area contributed by atoms with Crippen LogP contribution in [0.2, 0.25) is 0 Å². The molecule has 0 atom stereocenters. The van der Waals surface area contributed by atoms with Crippen molar-refractivity contribution < 1.29 is 4.79 Å². The minimum Gasteiger partial charge on any atom is -0.382 e. The number of nitrogens with two attached hydrogens (primary N) is 1. The molecule has 3 aromatic heterocycles. The first-order chi connectivity index (χ1) is 15.0. The quantitative estimate of drug-likeness (QED) is 0.448. The minimum absolute atomic E-state index is 0.0522. The van der Waals surface area contributed by atoms with Crippen molar-refractivity contribution in [3.05, 3.63) is 54.0 Å². The molecule has 4 aromatic rings. The number of nitrogen functional groups attached to an aromatic ring is 1. The highest BCUT2D eigenvalue weighted by atomic mass is 16.1. The number of nitrogens with zero attached hydrogens (tertiary/aromatic N) is 5. The molecule has 0 unspecified atom stereocenters. The number of hydrogen-bond donors (Lipinski definition) is 2. The maximum atomic E-state index is 12.4. The van der Waals surface area contributed by atoms with E-state index in [4.69, 9.17) is 5.73 Å². The highest BCUT2D eigenvalue weighted by Crippen LogP contribution is 2.27. The summed E-state index contributed by atoms with van der Waals surface area (Å²) in [5.41, 5.74) is 11.1. The van der Waals surface area contributed by atoms with E-state index in [0.717, 1.165) is 47.4 Å². The number of hydrogen-bond acceptors (Lipinski definition) is 6. The van der Waals surface area contributed by atoms with E-state index in [1.165, 1.54) is 0 Å². The van der Waals surface area contributed by atoms with E-state index in [1.807, 2.05) is 62.3 Å². The summed E-state index contributed by atoms with van der Waals surface area (Å²) in [5.74, 6) is 1.25. The first-order valence-corrected chi connectivity index (χ1v) is 10.4. The lowest BCUT2D eigenvalue weighted by molar-refractivity contribution is 0.0953. The van der Waals surface area contributed by atoms with Crippen LogP contribution in [-0.4, -0.2) is 46.1 Å². The fourth-order valence-electron chi connectivity index (χ4n) is 3.72. The Morgan fingerprint density at radius 2 is 1.87 bits per heavy atom. The Morgan fingerprint density at radius 1 is 1.10 bits per heavy atom. The number of rotatable bonds is 7. The monoisotopic (exact) mass is 417 g/mol. The zero-order chi connectivity index (χ0) is 22.0. The molecule has 0 radical (unpaired) electrons. The maximum Gasteiger partial charge on any atom is 0.251 e. The Balaban J connectivity index is 1.39. The fraction of sp³-hybridized carbons (Fsp3) is 0.304. The van der Waals surface area contributed by atoms with E-state index >= 15 is 0 Å². The van der Waals surface area contributed by atoms with Crippen molar-refractivity contribution in [2.24, 2.45) is 0 Å². The standard InChI is InChI=1S/C23H27N7O/c1-15-27-20-21(19-18(28-22(20)24)7-6-13-25-19)30(15)14-5-4-12-26-23(31)16-8-10-17(11-9-16)29(2)3/h6-11,13H,4-5,12,14H2,1-3H3,(H2,24,28)(H,26,31). The van der Waals surface area contributed by atoms with Gasteiger partial charge in [0.2, 0.25) is 0 Å². The van der Waals surface area contributed by atoms with Gasteiger partial charge < -0.3 is 20.5 Å². The van der Waals surface area contributed by atoms with Gasteiger partial charge in [-0.2, -0.15) is 0 Å². The molecule has 0 aliphatic rings. The van der Waals surface area contributed by atoms with Gasteiger partial charge in [-0.1, -0.05) is 0 Å². The van der Waals surface area contributed by atoms with Crippen LogP contribution in [0.15, 0.2) is 42.6 Å². The molecule has 31 heavy (non-hydrogen) atoms. The van der Waals surface area contributed by atoms with Gasteiger partial charge >= 0.3 is 0 Å². The molecule has 0 aliphatic carbocycles. The predicted molar refractivity (Wildman–Crippen MR) is 124 cm³/mol. The van der Waals surface area contributed by atoms with Crippen LogP contribution in [0.1, 0.15) is 29.0 Å². The van der Waals surface area contributed by atoms with Crippen molar-refractivity contribution >= 4 is 39.5 Å². The van der Waals surface area contributed by atoms with Crippen LogP contribution in [0.25, 0.3) is 22.1 Å². The number of benzene rings is 1. The molecule has 0 bridgehead atoms. The van der Waals surface area contributed by atoms with Crippen LogP contribution in [0.3, 0.4) is 0 Å². The molecule has 1 aromatic carbocycles. The molecule has 0 spiro atoms. The molecule has 0 fully saturated rings. The number of imidazole rings is 1. The number of fused-ring (bicyclic) bond motifs is 3. The third-order valence-electron chi connectivity index (χ3n) is 5.39. The van der Waals surface area contributed by atoms with E-state index in [-0.39, 0.29) is 5.91 Å². The highest BCUT2D eigenvalue weighted by Gasteiger charge is 2.15. The third kappa shape index (κ3) is 4.14. The van der Waals surface area contributed by atoms with Gasteiger partial charge in [0.15, 0.2) is 5.82 Å². The average molecular weight is 418 g/mol. The number of nitrogens with one attached hydrogen (secondary N) is 1. The van der Waals surface area contributed by atoms with Gasteiger partial charge in [-0.3, -0.25) is 9.78 Å². The summed E-state index contributed by atoms with van der Waals surface area (Å²) in [7, 11) is 3.95. The van der Waals surface area contributed by atoms with Gasteiger partial charge in [0, 0.05) is 44.6 Å². The van der Waals surface area contributed by atoms with E-state index in [9.17, 15) is 4.79 Å². The van der Waals surface area contributed by atoms with Gasteiger partial charge in [-0.15, -0.1) is 0 Å². The molecule has 0 saturated heterocycles. The SMILES string of the molecule is Cc1nc2c(N)nc3cccnc3c2n1CCCCNC(=O)c1ccc(N(C)C)cc1. The molecule has 1 amide bonds. The molecule has 8 nitrogen and oxygen atoms in total. The summed E-state index contributed by atoms with van der Waals surface area (Å²) < 4.78 is 2.14. The number of aromatic nitrogens is 4. The predicted octanol–water partition coefficient (Wildman–Crippen LogP) is 3.15. The van der Waals surface area contributed by atoms with Crippen molar-refractivity contribution in [1.29, 1.82) is 0 Å². The zero-order valence-corrected chi connectivity index (χ0v) is 18.1. The summed E-state index contributed by atoms with van der Waals surface area (Å²) in [6.45, 7) is 3.35. The van der Waals surface area contributed by atoms with Crippen molar-refractivity contribution in [3.8, 4) is 0 Å². The molecule has 160 valence electrons. The summed E-state index contributed by atoms with van der Waals surface area (Å²) in [4.78, 5) is 27.9. The number of carbonyl (C=O) groups is 1. The lowest BCUT2D eigenvalue weighted by Gasteiger charge is -2.12. The Kier molecular flexibility index (Phi) is 5.70. The zero-order valence-electron chi connectivity index (χ0n) is 18.1. The summed E-state index contributed by atoms with van der Waals surface area (Å²) in [5, 5.41) is 3.00. The van der Waals surface area contributed by atoms with Crippen LogP contribution in [-0.2, 0) is 6.54 Å². The second-order valence-electron chi connectivity index (χ2n) is 7.78. The molecular formula is C23H27N7O. The van der Waals surface area contributed by atoms with Crippen LogP contribution in [0.5, 0.6) is 0 Å². The topological polar surface area (TPSA) is 102 Å². The van der Waals surface area contributed by atoms with E-state index in [0.29, 0.717) is 23.4 Å². The van der Waals surface area contributed by atoms with E-state index in [1.54, 1.807) is 6.20 Å². The molecule has 8 heteroatoms. The second kappa shape index (κ2) is 8.59. The van der Waals surface area contributed by atoms with Gasteiger partial charge in [0.25, 0.3) is 5.91 Å². The first kappa shape index (κ1) is 20.6. The van der Waals surface area contributed by atoms with Crippen molar-refractivity contribution in [1.82, 2.24) is 24.8 Å². The first-order valence-electron chi connectivity index (χ1n) is 10.4. The summed E-state index contributed by atoms with van der Waals surface area (Å²) in [6.07, 6.45) is 3.50. The van der Waals surface area contributed by atoms with Crippen molar-refractivity contribution in [2.75, 3.05) is 31.3 Å². The number of pyridine rings is 2. The Labute approximate surface area is 181 Å². The lowest BCUT2D eigenvalue weighted by atomic mass is 10.2. The number of amides is 1. The molecule has 4 rings (SSSR count). The van der Waals surface area contributed by atoms with Gasteiger partial charge in [-0.05, 0) is 56.2 Å². The third-order valence-corrected chi connectivity index (χ3v) is 5.39. The Bertz CT molecular complexity index is 1230. The van der Waals surface area contributed by atoms with Crippen LogP contribution in [0, 0.1) is 6.92 Å². The molecule has 0 saturated carbocycles. The Hall–Kier alpha value is -3.68. The minimum atomic E-state index is -0.0522. The fourth-order valence-corrected chi connectivity index (χ4v) is 3.72. The summed E-state index contributed by atoms with van der Waals surface area (Å²) >= 11 is 0. The number of unbranched alkanes of at least 4 members (excludes halogenated alkanes) is 1. The smallest absolute Gasteiger partial charge is 0.251 e. The van der Waals surface area contributed by atoms with Crippen molar-refractivity contribution in [3.63, 3.8) is 0 Å². The van der Waals surface area contributed by atoms with Crippen LogP contribution >= 0.6 is 0 Å². The van der Waals surface area contributed by atoms with Gasteiger partial charge in [0.05, 0.1) is 5.52 Å². The largest absolute Gasteiger partial charge is 0.382 e. The molecule has 3 N–H and O–H groups in total. The van der Waals surface area contributed by atoms with Crippen molar-refractivity contribution in [2.45, 2.75) is 26.3 Å². The Morgan fingerprint density at radius 3 is 2.61 bits per heavy atom. The summed E-state index contributed by atoms with van der Waals surface area (Å²) in [6, 6.07) is 11.3. The van der Waals surface area contributed by atoms with Gasteiger partial charge in [-0.25, -0.2) is 9.97 Å².